The van der Waals surface area contributed by atoms with Crippen LogP contribution in [0.25, 0.3) is 0 Å². The molecule has 0 aliphatic carbocycles. The van der Waals surface area contributed by atoms with E-state index >= 15 is 0 Å². The van der Waals surface area contributed by atoms with Gasteiger partial charge in [0, 0.05) is 6.54 Å². The summed E-state index contributed by atoms with van der Waals surface area (Å²) in [6.07, 6.45) is 3.69. The van der Waals surface area contributed by atoms with E-state index in [0.717, 1.165) is 4.68 Å². The minimum absolute atomic E-state index is 0.414. The van der Waals surface area contributed by atoms with Crippen LogP contribution >= 0.6 is 11.9 Å². The van der Waals surface area contributed by atoms with Crippen molar-refractivity contribution >= 4 is 17.9 Å². The second-order valence-corrected chi connectivity index (χ2v) is 3.46. The molecule has 1 aliphatic rings. The van der Waals surface area contributed by atoms with Gasteiger partial charge >= 0.3 is 5.69 Å². The van der Waals surface area contributed by atoms with Crippen LogP contribution in [0, 0.1) is 11.5 Å². The highest BCUT2D eigenvalue weighted by Crippen LogP contribution is 2.14. The van der Waals surface area contributed by atoms with Gasteiger partial charge in [-0.25, -0.2) is 9.48 Å². The Morgan fingerprint density at radius 3 is 3.07 bits per heavy atom. The first-order valence-electron chi connectivity index (χ1n) is 3.94. The number of nitrogens with one attached hydrogen (secondary N) is 1. The molecule has 14 heavy (non-hydrogen) atoms. The van der Waals surface area contributed by atoms with Crippen molar-refractivity contribution in [3.8, 4) is 6.19 Å². The minimum Gasteiger partial charge on any atom is -0.277 e. The van der Waals surface area contributed by atoms with E-state index < -0.39 is 5.69 Å². The summed E-state index contributed by atoms with van der Waals surface area (Å²) in [6.45, 7) is 1.29. The second-order valence-electron chi connectivity index (χ2n) is 2.65. The first-order chi connectivity index (χ1) is 6.76. The molecule has 1 aromatic rings. The van der Waals surface area contributed by atoms with Crippen LogP contribution < -0.4 is 11.1 Å². The largest absolute Gasteiger partial charge is 0.379 e. The van der Waals surface area contributed by atoms with E-state index in [2.05, 4.69) is 10.4 Å². The fourth-order valence-electron chi connectivity index (χ4n) is 1.27. The lowest BCUT2D eigenvalue weighted by Gasteiger charge is -2.25. The van der Waals surface area contributed by atoms with Gasteiger partial charge in [-0.2, -0.15) is 14.7 Å². The van der Waals surface area contributed by atoms with E-state index in [1.165, 1.54) is 16.6 Å². The molecule has 2 rings (SSSR count). The smallest absolute Gasteiger partial charge is 0.277 e. The lowest BCUT2D eigenvalue weighted by molar-refractivity contribution is 0.414. The fraction of sp³-hybridized carbons (Fsp3) is 0.500. The maximum absolute atomic E-state index is 11.2. The van der Waals surface area contributed by atoms with Crippen LogP contribution in [-0.2, 0) is 6.54 Å². The Morgan fingerprint density at radius 2 is 2.43 bits per heavy atom. The van der Waals surface area contributed by atoms with Crippen LogP contribution in [0.5, 0.6) is 0 Å². The predicted molar refractivity (Wildman–Crippen MR) is 51.3 cm³/mol. The average Bonchev–Trinajstić information content (AvgIpc) is 2.51. The predicted octanol–water partition coefficient (Wildman–Crippen LogP) is -0.706. The molecule has 0 fully saturated rings. The molecule has 1 aromatic heterocycles. The molecule has 0 bridgehead atoms. The van der Waals surface area contributed by atoms with Gasteiger partial charge in [0.15, 0.2) is 0 Å². The van der Waals surface area contributed by atoms with Crippen molar-refractivity contribution in [3.63, 3.8) is 0 Å². The Hall–Kier alpha value is -1.46. The van der Waals surface area contributed by atoms with Gasteiger partial charge in [-0.15, -0.1) is 4.68 Å². The highest BCUT2D eigenvalue weighted by atomic mass is 32.2. The van der Waals surface area contributed by atoms with Crippen molar-refractivity contribution in [1.82, 2.24) is 18.8 Å². The van der Waals surface area contributed by atoms with Gasteiger partial charge < -0.3 is 0 Å². The number of nitrogens with zero attached hydrogens (tertiary/aromatic N) is 5. The molecule has 0 saturated heterocycles. The van der Waals surface area contributed by atoms with E-state index in [4.69, 9.17) is 5.26 Å². The Morgan fingerprint density at radius 1 is 1.64 bits per heavy atom. The molecule has 1 aliphatic heterocycles. The maximum Gasteiger partial charge on any atom is 0.379 e. The third-order valence-corrected chi connectivity index (χ3v) is 2.64. The number of nitriles is 1. The van der Waals surface area contributed by atoms with Gasteiger partial charge in [0.05, 0.1) is 6.54 Å². The molecule has 0 spiro atoms. The Balaban J connectivity index is 2.42. The van der Waals surface area contributed by atoms with Crippen LogP contribution in [0.4, 0.5) is 5.95 Å². The molecule has 2 heterocycles. The second kappa shape index (κ2) is 3.36. The molecule has 0 saturated carbocycles. The molecule has 8 heteroatoms. The van der Waals surface area contributed by atoms with E-state index in [1.807, 2.05) is 10.7 Å². The minimum atomic E-state index is -0.544. The van der Waals surface area contributed by atoms with E-state index in [0.29, 0.717) is 19.0 Å². The Bertz CT molecular complexity index is 442. The summed E-state index contributed by atoms with van der Waals surface area (Å²) >= 11 is 1.51. The number of hydrazine groups is 1. The van der Waals surface area contributed by atoms with Crippen LogP contribution in [-0.4, -0.2) is 31.6 Å². The maximum atomic E-state index is 11.2. The zero-order valence-electron chi connectivity index (χ0n) is 7.47. The summed E-state index contributed by atoms with van der Waals surface area (Å²) in [6, 6.07) is 0. The van der Waals surface area contributed by atoms with Crippen molar-refractivity contribution < 1.29 is 0 Å². The van der Waals surface area contributed by atoms with Crippen LogP contribution in [0.1, 0.15) is 0 Å². The molecule has 74 valence electrons. The van der Waals surface area contributed by atoms with E-state index in [9.17, 15) is 4.79 Å². The number of aromatic nitrogens is 3. The molecular formula is C6H8N6OS. The Labute approximate surface area is 84.0 Å². The normalized spacial score (nSPS) is 15.7. The first-order valence-corrected chi connectivity index (χ1v) is 5.12. The van der Waals surface area contributed by atoms with Crippen molar-refractivity contribution in [2.24, 2.45) is 0 Å². The standard InChI is InChI=1S/C6H8N6OS/c1-14-12-3-2-10-5(9-12)8-6(13)11(10)4-7/h2-3H2,1H3,(H,8,9,13). The molecule has 0 radical (unpaired) electrons. The number of hydrogen-bond acceptors (Lipinski definition) is 6. The highest BCUT2D eigenvalue weighted by molar-refractivity contribution is 7.96. The summed E-state index contributed by atoms with van der Waals surface area (Å²) in [4.78, 5) is 14.9. The Kier molecular flexibility index (Phi) is 2.18. The first kappa shape index (κ1) is 9.11. The van der Waals surface area contributed by atoms with Crippen LogP contribution in [0.3, 0.4) is 0 Å². The number of rotatable bonds is 1. The van der Waals surface area contributed by atoms with Gasteiger partial charge in [-0.1, -0.05) is 11.9 Å². The molecule has 7 nitrogen and oxygen atoms in total. The topological polar surface area (TPSA) is 78.9 Å². The fourth-order valence-corrected chi connectivity index (χ4v) is 1.71. The van der Waals surface area contributed by atoms with Gasteiger partial charge in [0.25, 0.3) is 0 Å². The molecule has 0 aromatic carbocycles. The zero-order valence-corrected chi connectivity index (χ0v) is 8.28. The quantitative estimate of drug-likeness (QED) is 0.620. The number of hydrogen-bond donors (Lipinski definition) is 1. The number of fused-ring (bicyclic) bond motifs is 1. The average molecular weight is 212 g/mol. The third-order valence-electron chi connectivity index (χ3n) is 1.92. The zero-order chi connectivity index (χ0) is 10.1. The summed E-state index contributed by atoms with van der Waals surface area (Å²) in [5, 5.41) is 8.69. The molecular weight excluding hydrogens is 204 g/mol. The molecule has 0 amide bonds. The van der Waals surface area contributed by atoms with Gasteiger partial charge in [-0.3, -0.25) is 5.43 Å². The SMILES string of the molecule is CSN1CCn2c(nc(=O)n2C#N)N1. The van der Waals surface area contributed by atoms with Crippen molar-refractivity contribution in [1.29, 1.82) is 5.26 Å². The van der Waals surface area contributed by atoms with Crippen molar-refractivity contribution in [3.05, 3.63) is 10.5 Å². The molecule has 0 atom stereocenters. The highest BCUT2D eigenvalue weighted by Gasteiger charge is 2.20. The lowest BCUT2D eigenvalue weighted by Crippen LogP contribution is -2.35. The van der Waals surface area contributed by atoms with Gasteiger partial charge in [0.2, 0.25) is 12.1 Å². The summed E-state index contributed by atoms with van der Waals surface area (Å²) < 4.78 is 4.32. The van der Waals surface area contributed by atoms with Crippen LogP contribution in [0.2, 0.25) is 0 Å². The van der Waals surface area contributed by atoms with Gasteiger partial charge in [0.1, 0.15) is 0 Å². The number of anilines is 1. The monoisotopic (exact) mass is 212 g/mol. The summed E-state index contributed by atoms with van der Waals surface area (Å²) in [5.74, 6) is 0.414. The van der Waals surface area contributed by atoms with E-state index in [1.54, 1.807) is 6.19 Å². The third kappa shape index (κ3) is 1.26. The lowest BCUT2D eigenvalue weighted by atomic mass is 10.6. The van der Waals surface area contributed by atoms with Gasteiger partial charge in [-0.05, 0) is 6.26 Å². The molecule has 0 unspecified atom stereocenters. The van der Waals surface area contributed by atoms with Crippen molar-refractivity contribution in [2.45, 2.75) is 6.54 Å². The molecule has 1 N–H and O–H groups in total. The summed E-state index contributed by atoms with van der Waals surface area (Å²) in [7, 11) is 0. The van der Waals surface area contributed by atoms with Crippen LogP contribution in [0.15, 0.2) is 4.79 Å². The van der Waals surface area contributed by atoms with Crippen molar-refractivity contribution in [2.75, 3.05) is 18.2 Å². The summed E-state index contributed by atoms with van der Waals surface area (Å²) in [5.41, 5.74) is 2.37. The van der Waals surface area contributed by atoms with E-state index in [-0.39, 0.29) is 0 Å².